The van der Waals surface area contributed by atoms with Crippen LogP contribution in [0.3, 0.4) is 0 Å². The molecule has 0 bridgehead atoms. The molecule has 0 spiro atoms. The second-order valence-corrected chi connectivity index (χ2v) is 5.06. The summed E-state index contributed by atoms with van der Waals surface area (Å²) >= 11 is 3.24. The van der Waals surface area contributed by atoms with Crippen molar-refractivity contribution >= 4 is 25.8 Å². The molecule has 0 atom stereocenters. The zero-order valence-corrected chi connectivity index (χ0v) is 9.02. The highest BCUT2D eigenvalue weighted by molar-refractivity contribution is 9.08. The van der Waals surface area contributed by atoms with Gasteiger partial charge in [0.05, 0.1) is 4.90 Å². The lowest BCUT2D eigenvalue weighted by atomic mass is 10.2. The Balaban J connectivity index is 3.33. The molecule has 0 aliphatic heterocycles. The van der Waals surface area contributed by atoms with Crippen LogP contribution in [0.4, 0.5) is 0 Å². The summed E-state index contributed by atoms with van der Waals surface area (Å²) in [4.78, 5) is 0.405. The highest BCUT2D eigenvalue weighted by atomic mass is 79.9. The normalized spacial score (nSPS) is 11.5. The van der Waals surface area contributed by atoms with Crippen molar-refractivity contribution in [2.24, 2.45) is 0 Å². The Morgan fingerprint density at radius 3 is 2.33 bits per heavy atom. The molecule has 0 saturated carbocycles. The predicted octanol–water partition coefficient (Wildman–Crippen LogP) is 1.99. The predicted molar refractivity (Wildman–Crippen MR) is 52.2 cm³/mol. The van der Waals surface area contributed by atoms with E-state index in [1.165, 1.54) is 6.26 Å². The lowest BCUT2D eigenvalue weighted by Crippen LogP contribution is -2.00. The molecule has 66 valence electrons. The first kappa shape index (κ1) is 9.74. The van der Waals surface area contributed by atoms with Crippen molar-refractivity contribution in [1.29, 1.82) is 0 Å². The van der Waals surface area contributed by atoms with E-state index in [0.29, 0.717) is 10.2 Å². The Morgan fingerprint density at radius 1 is 1.33 bits per heavy atom. The lowest BCUT2D eigenvalue weighted by Gasteiger charge is -2.02. The van der Waals surface area contributed by atoms with Gasteiger partial charge < -0.3 is 0 Å². The molecule has 1 rings (SSSR count). The number of alkyl halides is 1. The van der Waals surface area contributed by atoms with Gasteiger partial charge >= 0.3 is 0 Å². The summed E-state index contributed by atoms with van der Waals surface area (Å²) in [6.45, 7) is 0. The molecule has 2 nitrogen and oxygen atoms in total. The van der Waals surface area contributed by atoms with Gasteiger partial charge in [0.2, 0.25) is 0 Å². The third kappa shape index (κ3) is 2.08. The van der Waals surface area contributed by atoms with Gasteiger partial charge in [-0.1, -0.05) is 34.1 Å². The Hall–Kier alpha value is -0.350. The van der Waals surface area contributed by atoms with Crippen LogP contribution in [0.5, 0.6) is 0 Å². The van der Waals surface area contributed by atoms with Crippen LogP contribution in [0.25, 0.3) is 0 Å². The smallest absolute Gasteiger partial charge is 0.175 e. The Bertz CT molecular complexity index is 370. The summed E-state index contributed by atoms with van der Waals surface area (Å²) in [6, 6.07) is 6.96. The summed E-state index contributed by atoms with van der Waals surface area (Å²) in [7, 11) is -3.08. The second-order valence-electron chi connectivity index (χ2n) is 2.51. The standard InChI is InChI=1S/C8H9BrO2S/c1-12(10,11)8-5-3-2-4-7(8)6-9/h2-5H,6H2,1H3. The second kappa shape index (κ2) is 3.58. The van der Waals surface area contributed by atoms with Gasteiger partial charge in [-0.2, -0.15) is 0 Å². The van der Waals surface area contributed by atoms with Crippen molar-refractivity contribution in [3.63, 3.8) is 0 Å². The van der Waals surface area contributed by atoms with Gasteiger partial charge in [-0.25, -0.2) is 8.42 Å². The monoisotopic (exact) mass is 248 g/mol. The van der Waals surface area contributed by atoms with Gasteiger partial charge in [0, 0.05) is 11.6 Å². The fraction of sp³-hybridized carbons (Fsp3) is 0.250. The number of hydrogen-bond donors (Lipinski definition) is 0. The number of benzene rings is 1. The lowest BCUT2D eigenvalue weighted by molar-refractivity contribution is 0.601. The first-order valence-electron chi connectivity index (χ1n) is 3.39. The Labute approximate surface area is 80.7 Å². The molecule has 0 N–H and O–H groups in total. The molecule has 4 heteroatoms. The molecule has 0 radical (unpaired) electrons. The molecule has 0 aromatic heterocycles. The number of halogens is 1. The first-order chi connectivity index (χ1) is 5.55. The van der Waals surface area contributed by atoms with Gasteiger partial charge in [0.25, 0.3) is 0 Å². The quantitative estimate of drug-likeness (QED) is 0.751. The van der Waals surface area contributed by atoms with Crippen molar-refractivity contribution in [2.75, 3.05) is 6.26 Å². The van der Waals surface area contributed by atoms with E-state index in [2.05, 4.69) is 15.9 Å². The first-order valence-corrected chi connectivity index (χ1v) is 6.41. The van der Waals surface area contributed by atoms with Crippen LogP contribution in [0, 0.1) is 0 Å². The van der Waals surface area contributed by atoms with E-state index in [-0.39, 0.29) is 0 Å². The van der Waals surface area contributed by atoms with Gasteiger partial charge in [0.1, 0.15) is 0 Å². The molecule has 0 unspecified atom stereocenters. The van der Waals surface area contributed by atoms with Crippen LogP contribution in [0.1, 0.15) is 5.56 Å². The van der Waals surface area contributed by atoms with Crippen molar-refractivity contribution < 1.29 is 8.42 Å². The van der Waals surface area contributed by atoms with Crippen LogP contribution in [0.15, 0.2) is 29.2 Å². The van der Waals surface area contributed by atoms with E-state index in [9.17, 15) is 8.42 Å². The molecule has 0 fully saturated rings. The van der Waals surface area contributed by atoms with Crippen molar-refractivity contribution in [3.8, 4) is 0 Å². The number of sulfone groups is 1. The molecule has 0 amide bonds. The Kier molecular flexibility index (Phi) is 2.90. The number of rotatable bonds is 2. The topological polar surface area (TPSA) is 34.1 Å². The SMILES string of the molecule is CS(=O)(=O)c1ccccc1CBr. The van der Waals surface area contributed by atoms with Gasteiger partial charge in [-0.15, -0.1) is 0 Å². The largest absolute Gasteiger partial charge is 0.224 e. The fourth-order valence-corrected chi connectivity index (χ4v) is 2.59. The molecule has 12 heavy (non-hydrogen) atoms. The fourth-order valence-electron chi connectivity index (χ4n) is 0.976. The van der Waals surface area contributed by atoms with E-state index in [4.69, 9.17) is 0 Å². The third-order valence-corrected chi connectivity index (χ3v) is 3.32. The van der Waals surface area contributed by atoms with E-state index >= 15 is 0 Å². The molecule has 1 aromatic carbocycles. The maximum absolute atomic E-state index is 11.2. The van der Waals surface area contributed by atoms with Gasteiger partial charge in [0.15, 0.2) is 9.84 Å². The summed E-state index contributed by atoms with van der Waals surface area (Å²) in [6.07, 6.45) is 1.22. The molecular formula is C8H9BrO2S. The highest BCUT2D eigenvalue weighted by Gasteiger charge is 2.10. The summed E-state index contributed by atoms with van der Waals surface area (Å²) < 4.78 is 22.4. The van der Waals surface area contributed by atoms with Crippen molar-refractivity contribution in [3.05, 3.63) is 29.8 Å². The average molecular weight is 249 g/mol. The molecule has 0 heterocycles. The van der Waals surface area contributed by atoms with Crippen LogP contribution in [-0.2, 0) is 15.2 Å². The molecule has 0 aliphatic carbocycles. The highest BCUT2D eigenvalue weighted by Crippen LogP contribution is 2.17. The van der Waals surface area contributed by atoms with E-state index in [0.717, 1.165) is 5.56 Å². The minimum Gasteiger partial charge on any atom is -0.224 e. The number of hydrogen-bond acceptors (Lipinski definition) is 2. The van der Waals surface area contributed by atoms with E-state index in [1.54, 1.807) is 18.2 Å². The summed E-state index contributed by atoms with van der Waals surface area (Å²) in [5.41, 5.74) is 0.806. The molecule has 0 saturated heterocycles. The van der Waals surface area contributed by atoms with Gasteiger partial charge in [-0.3, -0.25) is 0 Å². The summed E-state index contributed by atoms with van der Waals surface area (Å²) in [5, 5.41) is 0.566. The van der Waals surface area contributed by atoms with Crippen LogP contribution in [-0.4, -0.2) is 14.7 Å². The maximum atomic E-state index is 11.2. The van der Waals surface area contributed by atoms with Gasteiger partial charge in [-0.05, 0) is 11.6 Å². The summed E-state index contributed by atoms with van der Waals surface area (Å²) in [5.74, 6) is 0. The molecule has 0 aliphatic rings. The maximum Gasteiger partial charge on any atom is 0.175 e. The average Bonchev–Trinajstić information content (AvgIpc) is 2.03. The van der Waals surface area contributed by atoms with E-state index < -0.39 is 9.84 Å². The molecular weight excluding hydrogens is 240 g/mol. The van der Waals surface area contributed by atoms with Crippen molar-refractivity contribution in [1.82, 2.24) is 0 Å². The zero-order chi connectivity index (χ0) is 9.19. The van der Waals surface area contributed by atoms with E-state index in [1.807, 2.05) is 6.07 Å². The minimum absolute atomic E-state index is 0.405. The van der Waals surface area contributed by atoms with Crippen molar-refractivity contribution in [2.45, 2.75) is 10.2 Å². The minimum atomic E-state index is -3.08. The Morgan fingerprint density at radius 2 is 1.92 bits per heavy atom. The van der Waals surface area contributed by atoms with Crippen LogP contribution >= 0.6 is 15.9 Å². The van der Waals surface area contributed by atoms with Crippen LogP contribution in [0.2, 0.25) is 0 Å². The van der Waals surface area contributed by atoms with Crippen LogP contribution < -0.4 is 0 Å². The zero-order valence-electron chi connectivity index (χ0n) is 6.62. The third-order valence-electron chi connectivity index (χ3n) is 1.52. The molecule has 1 aromatic rings.